The van der Waals surface area contributed by atoms with E-state index in [0.29, 0.717) is 10.0 Å². The molecule has 8 N–H and O–H groups in total. The molecular formula is C13H20N6O5S. The predicted molar refractivity (Wildman–Crippen MR) is 86.3 cm³/mol. The second-order valence-electron chi connectivity index (χ2n) is 6.00. The van der Waals surface area contributed by atoms with Gasteiger partial charge in [-0.3, -0.25) is 4.79 Å². The van der Waals surface area contributed by atoms with Gasteiger partial charge in [0.15, 0.2) is 5.54 Å². The number of hydrogen-bond donors (Lipinski definition) is 6. The van der Waals surface area contributed by atoms with Gasteiger partial charge < -0.3 is 32.3 Å². The Kier molecular flexibility index (Phi) is 5.25. The number of aliphatic carboxylic acids is 1. The Labute approximate surface area is 146 Å². The van der Waals surface area contributed by atoms with Crippen LogP contribution in [0.15, 0.2) is 0 Å². The average Bonchev–Trinajstić information content (AvgIpc) is 3.04. The van der Waals surface area contributed by atoms with Gasteiger partial charge in [0, 0.05) is 0 Å². The molecule has 0 aliphatic heterocycles. The molecule has 1 aromatic rings. The summed E-state index contributed by atoms with van der Waals surface area (Å²) in [6, 6.07) is -2.04. The summed E-state index contributed by atoms with van der Waals surface area (Å²) < 4.78 is 0. The number of carbonyl (C=O) groups excluding carboxylic acids is 2. The SMILES string of the molecule is CC(O)[C@H](N)c1nnc([C@H](C)NC(=O)NC2(C(=O)O)CC2C(N)=O)s1. The topological polar surface area (TPSA) is 194 Å². The van der Waals surface area contributed by atoms with Gasteiger partial charge in [0.25, 0.3) is 0 Å². The number of carboxylic acids is 1. The number of aliphatic hydroxyl groups is 1. The molecule has 5 atom stereocenters. The van der Waals surface area contributed by atoms with Gasteiger partial charge >= 0.3 is 12.0 Å². The zero-order chi connectivity index (χ0) is 18.9. The van der Waals surface area contributed by atoms with Crippen LogP contribution in [0.25, 0.3) is 0 Å². The Morgan fingerprint density at radius 3 is 2.40 bits per heavy atom. The van der Waals surface area contributed by atoms with Gasteiger partial charge in [-0.05, 0) is 20.3 Å². The third-order valence-electron chi connectivity index (χ3n) is 4.00. The van der Waals surface area contributed by atoms with E-state index in [0.717, 1.165) is 11.3 Å². The summed E-state index contributed by atoms with van der Waals surface area (Å²) in [5, 5.41) is 32.1. The van der Waals surface area contributed by atoms with Crippen molar-refractivity contribution in [2.24, 2.45) is 17.4 Å². The van der Waals surface area contributed by atoms with Crippen LogP contribution in [0.2, 0.25) is 0 Å². The van der Waals surface area contributed by atoms with Crippen molar-refractivity contribution in [1.82, 2.24) is 20.8 Å². The van der Waals surface area contributed by atoms with Gasteiger partial charge in [0.05, 0.1) is 24.1 Å². The van der Waals surface area contributed by atoms with Crippen LogP contribution in [0, 0.1) is 5.92 Å². The maximum absolute atomic E-state index is 12.1. The highest BCUT2D eigenvalue weighted by molar-refractivity contribution is 7.11. The van der Waals surface area contributed by atoms with Gasteiger partial charge in [0.1, 0.15) is 10.0 Å². The smallest absolute Gasteiger partial charge is 0.330 e. The van der Waals surface area contributed by atoms with Crippen molar-refractivity contribution in [2.75, 3.05) is 0 Å². The number of aromatic nitrogens is 2. The van der Waals surface area contributed by atoms with E-state index >= 15 is 0 Å². The molecular weight excluding hydrogens is 352 g/mol. The predicted octanol–water partition coefficient (Wildman–Crippen LogP) is -1.39. The van der Waals surface area contributed by atoms with Crippen molar-refractivity contribution in [3.8, 4) is 0 Å². The summed E-state index contributed by atoms with van der Waals surface area (Å²) in [6.07, 6.45) is -0.852. The molecule has 138 valence electrons. The zero-order valence-corrected chi connectivity index (χ0v) is 14.4. The van der Waals surface area contributed by atoms with Crippen LogP contribution < -0.4 is 22.1 Å². The van der Waals surface area contributed by atoms with Crippen molar-refractivity contribution in [3.63, 3.8) is 0 Å². The number of carbonyl (C=O) groups is 3. The summed E-state index contributed by atoms with van der Waals surface area (Å²) in [5.74, 6) is -3.04. The molecule has 0 saturated heterocycles. The molecule has 2 rings (SSSR count). The van der Waals surface area contributed by atoms with Gasteiger partial charge in [-0.25, -0.2) is 9.59 Å². The molecule has 1 heterocycles. The van der Waals surface area contributed by atoms with Gasteiger partial charge in [-0.15, -0.1) is 10.2 Å². The zero-order valence-electron chi connectivity index (χ0n) is 13.6. The number of hydrogen-bond acceptors (Lipinski definition) is 8. The summed E-state index contributed by atoms with van der Waals surface area (Å²) in [4.78, 5) is 34.5. The van der Waals surface area contributed by atoms with E-state index in [1.807, 2.05) is 0 Å². The molecule has 12 heteroatoms. The van der Waals surface area contributed by atoms with E-state index in [1.54, 1.807) is 6.92 Å². The normalized spacial score (nSPS) is 25.5. The quantitative estimate of drug-likeness (QED) is 0.336. The first-order valence-corrected chi connectivity index (χ1v) is 8.28. The lowest BCUT2D eigenvalue weighted by Crippen LogP contribution is -2.51. The molecule has 3 amide bonds. The number of nitrogens with one attached hydrogen (secondary N) is 2. The van der Waals surface area contributed by atoms with Gasteiger partial charge in [-0.1, -0.05) is 11.3 Å². The molecule has 0 bridgehead atoms. The van der Waals surface area contributed by atoms with Crippen molar-refractivity contribution < 1.29 is 24.6 Å². The van der Waals surface area contributed by atoms with Crippen molar-refractivity contribution in [3.05, 3.63) is 10.0 Å². The van der Waals surface area contributed by atoms with Crippen LogP contribution >= 0.6 is 11.3 Å². The minimum atomic E-state index is -1.67. The third-order valence-corrected chi connectivity index (χ3v) is 5.21. The second kappa shape index (κ2) is 6.90. The number of nitrogens with zero attached hydrogens (tertiary/aromatic N) is 2. The molecule has 25 heavy (non-hydrogen) atoms. The average molecular weight is 372 g/mol. The number of primary amides is 1. The van der Waals surface area contributed by atoms with Gasteiger partial charge in [0.2, 0.25) is 5.91 Å². The van der Waals surface area contributed by atoms with Crippen LogP contribution in [0.1, 0.15) is 42.4 Å². The highest BCUT2D eigenvalue weighted by atomic mass is 32.1. The highest BCUT2D eigenvalue weighted by Crippen LogP contribution is 2.43. The first kappa shape index (κ1) is 19.0. The molecule has 1 saturated carbocycles. The number of carboxylic acid groups (broad SMARTS) is 1. The molecule has 11 nitrogen and oxygen atoms in total. The molecule has 1 aliphatic rings. The fourth-order valence-corrected chi connectivity index (χ4v) is 3.24. The van der Waals surface area contributed by atoms with Crippen molar-refractivity contribution in [2.45, 2.75) is 44.0 Å². The first-order valence-electron chi connectivity index (χ1n) is 7.46. The van der Waals surface area contributed by atoms with Crippen molar-refractivity contribution >= 4 is 29.2 Å². The van der Waals surface area contributed by atoms with E-state index < -0.39 is 47.6 Å². The van der Waals surface area contributed by atoms with E-state index in [2.05, 4.69) is 20.8 Å². The van der Waals surface area contributed by atoms with Crippen LogP contribution in [-0.4, -0.2) is 50.0 Å². The van der Waals surface area contributed by atoms with Crippen LogP contribution in [0.4, 0.5) is 4.79 Å². The number of nitrogens with two attached hydrogens (primary N) is 2. The van der Waals surface area contributed by atoms with Crippen LogP contribution in [-0.2, 0) is 9.59 Å². The lowest BCUT2D eigenvalue weighted by Gasteiger charge is -2.17. The minimum absolute atomic E-state index is 0.0499. The fourth-order valence-electron chi connectivity index (χ4n) is 2.29. The Balaban J connectivity index is 1.99. The number of amides is 3. The van der Waals surface area contributed by atoms with Crippen LogP contribution in [0.5, 0.6) is 0 Å². The van der Waals surface area contributed by atoms with E-state index in [9.17, 15) is 24.6 Å². The number of rotatable bonds is 7. The highest BCUT2D eigenvalue weighted by Gasteiger charge is 2.65. The lowest BCUT2D eigenvalue weighted by molar-refractivity contribution is -0.142. The molecule has 3 unspecified atom stereocenters. The Morgan fingerprint density at radius 1 is 1.32 bits per heavy atom. The molecule has 1 aromatic heterocycles. The maximum Gasteiger partial charge on any atom is 0.330 e. The molecule has 1 fully saturated rings. The molecule has 1 aliphatic carbocycles. The summed E-state index contributed by atoms with van der Waals surface area (Å²) in [7, 11) is 0. The maximum atomic E-state index is 12.1. The first-order chi connectivity index (χ1) is 11.6. The van der Waals surface area contributed by atoms with E-state index in [1.165, 1.54) is 6.92 Å². The third kappa shape index (κ3) is 3.86. The Bertz CT molecular complexity index is 694. The summed E-state index contributed by atoms with van der Waals surface area (Å²) >= 11 is 1.12. The Morgan fingerprint density at radius 2 is 1.92 bits per heavy atom. The summed E-state index contributed by atoms with van der Waals surface area (Å²) in [6.45, 7) is 3.15. The molecule has 0 spiro atoms. The van der Waals surface area contributed by atoms with Crippen molar-refractivity contribution in [1.29, 1.82) is 0 Å². The van der Waals surface area contributed by atoms with E-state index in [4.69, 9.17) is 11.5 Å². The molecule has 0 radical (unpaired) electrons. The number of aliphatic hydroxyl groups excluding tert-OH is 1. The number of urea groups is 1. The summed E-state index contributed by atoms with van der Waals surface area (Å²) in [5.41, 5.74) is 9.21. The van der Waals surface area contributed by atoms with Gasteiger partial charge in [-0.2, -0.15) is 0 Å². The molecule has 0 aromatic carbocycles. The Hall–Kier alpha value is -2.31. The minimum Gasteiger partial charge on any atom is -0.479 e. The van der Waals surface area contributed by atoms with E-state index in [-0.39, 0.29) is 6.42 Å². The standard InChI is InChI=1S/C13H20N6O5S/c1-4(9-18-19-10(25-9)7(14)5(2)20)16-12(24)17-13(11(22)23)3-6(13)8(15)21/h4-7,20H,3,14H2,1-2H3,(H2,15,21)(H,22,23)(H2,16,17,24)/t4-,5?,6?,7-,13?/m0/s1. The monoisotopic (exact) mass is 372 g/mol. The largest absolute Gasteiger partial charge is 0.479 e. The van der Waals surface area contributed by atoms with Crippen LogP contribution in [0.3, 0.4) is 0 Å². The fraction of sp³-hybridized carbons (Fsp3) is 0.615. The lowest BCUT2D eigenvalue weighted by atomic mass is 10.2. The second-order valence-corrected chi connectivity index (χ2v) is 7.04.